The van der Waals surface area contributed by atoms with Crippen LogP contribution in [0.3, 0.4) is 0 Å². The van der Waals surface area contributed by atoms with Crippen LogP contribution in [0.4, 0.5) is 0 Å². The highest BCUT2D eigenvalue weighted by Crippen LogP contribution is 2.26. The Morgan fingerprint density at radius 1 is 1.25 bits per heavy atom. The lowest BCUT2D eigenvalue weighted by Gasteiger charge is -2.31. The first-order chi connectivity index (χ1) is 15.7. The summed E-state index contributed by atoms with van der Waals surface area (Å²) >= 11 is 0. The molecule has 2 fully saturated rings. The average Bonchev–Trinajstić information content (AvgIpc) is 3.32. The predicted octanol–water partition coefficient (Wildman–Crippen LogP) is 3.01. The van der Waals surface area contributed by atoms with E-state index in [4.69, 9.17) is 18.7 Å². The van der Waals surface area contributed by atoms with E-state index in [1.165, 1.54) is 0 Å². The topological polar surface area (TPSA) is 86.9 Å². The molecular weight excluding hydrogens is 410 g/mol. The molecule has 8 heteroatoms. The second kappa shape index (κ2) is 11.4. The van der Waals surface area contributed by atoms with Crippen molar-refractivity contribution in [2.45, 2.75) is 44.4 Å². The number of methoxy groups -OCH3 is 1. The summed E-state index contributed by atoms with van der Waals surface area (Å²) in [6, 6.07) is 7.66. The van der Waals surface area contributed by atoms with Gasteiger partial charge in [-0.1, -0.05) is 17.3 Å². The summed E-state index contributed by atoms with van der Waals surface area (Å²) in [4.78, 5) is 19.3. The molecule has 1 aromatic carbocycles. The minimum Gasteiger partial charge on any atom is -0.497 e. The van der Waals surface area contributed by atoms with E-state index in [1.807, 2.05) is 29.2 Å². The summed E-state index contributed by atoms with van der Waals surface area (Å²) in [5.74, 6) is 2.86. The fourth-order valence-electron chi connectivity index (χ4n) is 4.34. The van der Waals surface area contributed by atoms with Gasteiger partial charge in [-0.05, 0) is 49.3 Å². The molecule has 32 heavy (non-hydrogen) atoms. The van der Waals surface area contributed by atoms with Crippen molar-refractivity contribution < 1.29 is 23.5 Å². The molecule has 4 rings (SSSR count). The third-order valence-electron chi connectivity index (χ3n) is 6.26. The standard InChI is InChI=1S/C24H33N3O5/c1-29-21-6-2-4-19(14-21)15-23(28)27-10-3-5-20(16-27)24-25-22(26-32-24)9-13-31-17-18-7-11-30-12-8-18/h2,4,6,14,18,20H,3,5,7-13,15-17H2,1H3. The van der Waals surface area contributed by atoms with E-state index in [0.29, 0.717) is 43.6 Å². The molecule has 0 spiro atoms. The lowest BCUT2D eigenvalue weighted by atomic mass is 9.97. The van der Waals surface area contributed by atoms with Gasteiger partial charge in [0.15, 0.2) is 5.82 Å². The Bertz CT molecular complexity index is 865. The number of carbonyl (C=O) groups excluding carboxylic acids is 1. The third-order valence-corrected chi connectivity index (χ3v) is 6.26. The molecule has 0 aliphatic carbocycles. The number of rotatable bonds is 9. The van der Waals surface area contributed by atoms with Crippen molar-refractivity contribution in [3.8, 4) is 5.75 Å². The van der Waals surface area contributed by atoms with Gasteiger partial charge in [0.2, 0.25) is 11.8 Å². The maximum Gasteiger partial charge on any atom is 0.231 e. The second-order valence-corrected chi connectivity index (χ2v) is 8.64. The molecule has 0 bridgehead atoms. The molecule has 1 amide bonds. The summed E-state index contributed by atoms with van der Waals surface area (Å²) in [5.41, 5.74) is 0.956. The number of amides is 1. The lowest BCUT2D eigenvalue weighted by Crippen LogP contribution is -2.40. The Balaban J connectivity index is 1.24. The number of aromatic nitrogens is 2. The van der Waals surface area contributed by atoms with Gasteiger partial charge in [0.05, 0.1) is 26.1 Å². The highest BCUT2D eigenvalue weighted by molar-refractivity contribution is 5.79. The van der Waals surface area contributed by atoms with Crippen LogP contribution in [0.2, 0.25) is 0 Å². The van der Waals surface area contributed by atoms with Crippen molar-refractivity contribution in [1.82, 2.24) is 15.0 Å². The van der Waals surface area contributed by atoms with E-state index in [9.17, 15) is 4.79 Å². The molecule has 0 radical (unpaired) electrons. The monoisotopic (exact) mass is 443 g/mol. The largest absolute Gasteiger partial charge is 0.497 e. The van der Waals surface area contributed by atoms with Gasteiger partial charge in [0, 0.05) is 39.3 Å². The first kappa shape index (κ1) is 22.7. The van der Waals surface area contributed by atoms with E-state index in [0.717, 1.165) is 63.4 Å². The van der Waals surface area contributed by atoms with Crippen LogP contribution in [-0.4, -0.2) is 67.6 Å². The Morgan fingerprint density at radius 3 is 2.97 bits per heavy atom. The Kier molecular flexibility index (Phi) is 8.12. The molecule has 0 saturated carbocycles. The van der Waals surface area contributed by atoms with Crippen LogP contribution >= 0.6 is 0 Å². The van der Waals surface area contributed by atoms with E-state index < -0.39 is 0 Å². The van der Waals surface area contributed by atoms with Crippen LogP contribution in [-0.2, 0) is 27.1 Å². The highest BCUT2D eigenvalue weighted by atomic mass is 16.5. The van der Waals surface area contributed by atoms with Crippen LogP contribution in [0.15, 0.2) is 28.8 Å². The first-order valence-electron chi connectivity index (χ1n) is 11.6. The Labute approximate surface area is 189 Å². The van der Waals surface area contributed by atoms with Crippen LogP contribution in [0.1, 0.15) is 48.9 Å². The van der Waals surface area contributed by atoms with Crippen molar-refractivity contribution >= 4 is 5.91 Å². The SMILES string of the molecule is COc1cccc(CC(=O)N2CCCC(c3nc(CCOCC4CCOCC4)no3)C2)c1. The molecule has 3 heterocycles. The van der Waals surface area contributed by atoms with E-state index >= 15 is 0 Å². The molecule has 174 valence electrons. The second-order valence-electron chi connectivity index (χ2n) is 8.64. The van der Waals surface area contributed by atoms with E-state index in [2.05, 4.69) is 10.1 Å². The molecule has 8 nitrogen and oxygen atoms in total. The minimum absolute atomic E-state index is 0.0856. The number of hydrogen-bond donors (Lipinski definition) is 0. The number of carbonyl (C=O) groups is 1. The first-order valence-corrected chi connectivity index (χ1v) is 11.6. The zero-order chi connectivity index (χ0) is 22.2. The average molecular weight is 444 g/mol. The summed E-state index contributed by atoms with van der Waals surface area (Å²) in [6.45, 7) is 4.41. The Morgan fingerprint density at radius 2 is 2.12 bits per heavy atom. The number of hydrogen-bond acceptors (Lipinski definition) is 7. The van der Waals surface area contributed by atoms with Gasteiger partial charge in [-0.15, -0.1) is 0 Å². The van der Waals surface area contributed by atoms with Crippen LogP contribution in [0.25, 0.3) is 0 Å². The summed E-state index contributed by atoms with van der Waals surface area (Å²) in [5, 5.41) is 4.13. The van der Waals surface area contributed by atoms with Crippen molar-refractivity contribution in [2.24, 2.45) is 5.92 Å². The van der Waals surface area contributed by atoms with E-state index in [-0.39, 0.29) is 11.8 Å². The lowest BCUT2D eigenvalue weighted by molar-refractivity contribution is -0.131. The Hall–Kier alpha value is -2.45. The molecule has 2 aliphatic rings. The number of likely N-dealkylation sites (tertiary alicyclic amines) is 1. The summed E-state index contributed by atoms with van der Waals surface area (Å²) in [6.07, 6.45) is 5.02. The molecule has 2 aliphatic heterocycles. The molecule has 1 aromatic heterocycles. The van der Waals surface area contributed by atoms with Gasteiger partial charge in [-0.3, -0.25) is 4.79 Å². The van der Waals surface area contributed by atoms with E-state index in [1.54, 1.807) is 7.11 Å². The van der Waals surface area contributed by atoms with Gasteiger partial charge in [0.25, 0.3) is 0 Å². The molecule has 2 saturated heterocycles. The summed E-state index contributed by atoms with van der Waals surface area (Å²) < 4.78 is 22.0. The van der Waals surface area contributed by atoms with Crippen molar-refractivity contribution in [3.05, 3.63) is 41.5 Å². The van der Waals surface area contributed by atoms with Gasteiger partial charge in [0.1, 0.15) is 5.75 Å². The fourth-order valence-corrected chi connectivity index (χ4v) is 4.34. The predicted molar refractivity (Wildman–Crippen MR) is 118 cm³/mol. The third kappa shape index (κ3) is 6.29. The van der Waals surface area contributed by atoms with Crippen LogP contribution in [0, 0.1) is 5.92 Å². The molecule has 0 N–H and O–H groups in total. The quantitative estimate of drug-likeness (QED) is 0.551. The normalized spacial score (nSPS) is 19.8. The van der Waals surface area contributed by atoms with Gasteiger partial charge in [-0.25, -0.2) is 0 Å². The maximum absolute atomic E-state index is 12.8. The molecule has 1 atom stereocenters. The van der Waals surface area contributed by atoms with Gasteiger partial charge >= 0.3 is 0 Å². The zero-order valence-electron chi connectivity index (χ0n) is 18.8. The number of piperidine rings is 1. The zero-order valence-corrected chi connectivity index (χ0v) is 18.8. The van der Waals surface area contributed by atoms with Crippen LogP contribution < -0.4 is 4.74 Å². The van der Waals surface area contributed by atoms with Gasteiger partial charge in [-0.2, -0.15) is 4.98 Å². The number of nitrogens with zero attached hydrogens (tertiary/aromatic N) is 3. The molecule has 2 aromatic rings. The number of ether oxygens (including phenoxy) is 3. The smallest absolute Gasteiger partial charge is 0.231 e. The van der Waals surface area contributed by atoms with Crippen molar-refractivity contribution in [2.75, 3.05) is 46.6 Å². The van der Waals surface area contributed by atoms with Crippen molar-refractivity contribution in [3.63, 3.8) is 0 Å². The molecular formula is C24H33N3O5. The van der Waals surface area contributed by atoms with Crippen molar-refractivity contribution in [1.29, 1.82) is 0 Å². The van der Waals surface area contributed by atoms with Crippen LogP contribution in [0.5, 0.6) is 5.75 Å². The highest BCUT2D eigenvalue weighted by Gasteiger charge is 2.28. The molecule has 1 unspecified atom stereocenters. The fraction of sp³-hybridized carbons (Fsp3) is 0.625. The minimum atomic E-state index is 0.0856. The summed E-state index contributed by atoms with van der Waals surface area (Å²) in [7, 11) is 1.63. The number of benzene rings is 1. The maximum atomic E-state index is 12.8. The van der Waals surface area contributed by atoms with Gasteiger partial charge < -0.3 is 23.6 Å².